The zero-order chi connectivity index (χ0) is 11.3. The monoisotopic (exact) mass is 232 g/mol. The Bertz CT molecular complexity index is 420. The van der Waals surface area contributed by atoms with E-state index in [4.69, 9.17) is 0 Å². The third-order valence-electron chi connectivity index (χ3n) is 1.91. The predicted octanol–water partition coefficient (Wildman–Crippen LogP) is 1.07. The molecule has 15 heavy (non-hydrogen) atoms. The summed E-state index contributed by atoms with van der Waals surface area (Å²) in [7, 11) is -2.97. The molecule has 0 aliphatic rings. The van der Waals surface area contributed by atoms with Crippen LogP contribution in [0.15, 0.2) is 18.3 Å². The molecule has 0 aromatic carbocycles. The molecule has 1 aromatic heterocycles. The molecular formula is C9H13FN2O2S. The van der Waals surface area contributed by atoms with Gasteiger partial charge in [-0.2, -0.15) is 4.39 Å². The van der Waals surface area contributed by atoms with Crippen molar-refractivity contribution in [2.45, 2.75) is 6.92 Å². The molecule has 0 aliphatic heterocycles. The molecule has 1 heterocycles. The number of hydrogen-bond donors (Lipinski definition) is 1. The van der Waals surface area contributed by atoms with Gasteiger partial charge in [-0.1, -0.05) is 6.92 Å². The van der Waals surface area contributed by atoms with E-state index in [1.165, 1.54) is 12.3 Å². The van der Waals surface area contributed by atoms with Crippen molar-refractivity contribution in [1.82, 2.24) is 4.98 Å². The summed E-state index contributed by atoms with van der Waals surface area (Å²) in [6.07, 6.45) is 1.33. The molecule has 6 heteroatoms. The molecule has 0 bridgehead atoms. The second-order valence-electron chi connectivity index (χ2n) is 3.03. The van der Waals surface area contributed by atoms with E-state index in [1.54, 1.807) is 13.0 Å². The van der Waals surface area contributed by atoms with Gasteiger partial charge in [-0.05, 0) is 6.07 Å². The van der Waals surface area contributed by atoms with Crippen LogP contribution in [0.3, 0.4) is 0 Å². The number of aromatic nitrogens is 1. The molecule has 0 saturated heterocycles. The number of rotatable bonds is 5. The highest BCUT2D eigenvalue weighted by Crippen LogP contribution is 2.06. The highest BCUT2D eigenvalue weighted by atomic mass is 32.2. The van der Waals surface area contributed by atoms with Crippen LogP contribution in [0.25, 0.3) is 0 Å². The minimum atomic E-state index is -2.97. The van der Waals surface area contributed by atoms with Gasteiger partial charge in [0.05, 0.1) is 5.75 Å². The van der Waals surface area contributed by atoms with E-state index in [0.29, 0.717) is 5.69 Å². The van der Waals surface area contributed by atoms with E-state index in [9.17, 15) is 12.8 Å². The summed E-state index contributed by atoms with van der Waals surface area (Å²) in [6, 6.07) is 2.81. The van der Waals surface area contributed by atoms with Gasteiger partial charge >= 0.3 is 0 Å². The lowest BCUT2D eigenvalue weighted by Crippen LogP contribution is -2.17. The Morgan fingerprint density at radius 2 is 2.27 bits per heavy atom. The van der Waals surface area contributed by atoms with E-state index in [-0.39, 0.29) is 18.1 Å². The molecule has 0 amide bonds. The van der Waals surface area contributed by atoms with Crippen molar-refractivity contribution in [2.24, 2.45) is 0 Å². The Morgan fingerprint density at radius 3 is 2.87 bits per heavy atom. The van der Waals surface area contributed by atoms with Crippen molar-refractivity contribution in [3.05, 3.63) is 24.3 Å². The first-order chi connectivity index (χ1) is 7.03. The molecule has 0 spiro atoms. The third-order valence-corrected chi connectivity index (χ3v) is 3.61. The minimum Gasteiger partial charge on any atom is -0.384 e. The lowest BCUT2D eigenvalue weighted by molar-refractivity contribution is 0.584. The zero-order valence-electron chi connectivity index (χ0n) is 8.40. The Balaban J connectivity index is 2.45. The fourth-order valence-electron chi connectivity index (χ4n) is 1.01. The number of pyridine rings is 1. The average Bonchev–Trinajstić information content (AvgIpc) is 2.18. The first kappa shape index (κ1) is 11.9. The third kappa shape index (κ3) is 4.24. The van der Waals surface area contributed by atoms with Crippen LogP contribution in [0.1, 0.15) is 6.92 Å². The van der Waals surface area contributed by atoms with E-state index < -0.39 is 15.8 Å². The molecule has 1 N–H and O–H groups in total. The maximum absolute atomic E-state index is 12.6. The summed E-state index contributed by atoms with van der Waals surface area (Å²) in [5.41, 5.74) is 0.536. The standard InChI is InChI=1S/C9H13FN2O2S/c1-2-15(13,14)6-5-11-8-3-4-12-9(10)7-8/h3-4,7H,2,5-6H2,1H3,(H,11,12). The molecule has 1 rings (SSSR count). The fourth-order valence-corrected chi connectivity index (χ4v) is 1.71. The molecule has 0 aliphatic carbocycles. The highest BCUT2D eigenvalue weighted by molar-refractivity contribution is 7.91. The van der Waals surface area contributed by atoms with Gasteiger partial charge in [0.1, 0.15) is 0 Å². The van der Waals surface area contributed by atoms with Crippen LogP contribution >= 0.6 is 0 Å². The lowest BCUT2D eigenvalue weighted by atomic mass is 10.4. The molecule has 1 aromatic rings. The summed E-state index contributed by atoms with van der Waals surface area (Å²) in [6.45, 7) is 1.88. The molecule has 0 unspecified atom stereocenters. The van der Waals surface area contributed by atoms with Crippen molar-refractivity contribution in [2.75, 3.05) is 23.4 Å². The summed E-state index contributed by atoms with van der Waals surface area (Å²) in [4.78, 5) is 3.39. The smallest absolute Gasteiger partial charge is 0.214 e. The Kier molecular flexibility index (Phi) is 4.02. The van der Waals surface area contributed by atoms with Gasteiger partial charge in [0.2, 0.25) is 5.95 Å². The number of nitrogens with zero attached hydrogens (tertiary/aromatic N) is 1. The lowest BCUT2D eigenvalue weighted by Gasteiger charge is -2.05. The second kappa shape index (κ2) is 5.06. The summed E-state index contributed by atoms with van der Waals surface area (Å²) in [5.74, 6) is -0.411. The van der Waals surface area contributed by atoms with Crippen LogP contribution in [-0.2, 0) is 9.84 Å². The van der Waals surface area contributed by atoms with Gasteiger partial charge in [-0.3, -0.25) is 0 Å². The predicted molar refractivity (Wildman–Crippen MR) is 57.0 cm³/mol. The van der Waals surface area contributed by atoms with Crippen molar-refractivity contribution >= 4 is 15.5 Å². The SMILES string of the molecule is CCS(=O)(=O)CCNc1ccnc(F)c1. The van der Waals surface area contributed by atoms with E-state index >= 15 is 0 Å². The molecular weight excluding hydrogens is 219 g/mol. The van der Waals surface area contributed by atoms with Crippen LogP contribution in [0.4, 0.5) is 10.1 Å². The van der Waals surface area contributed by atoms with Crippen molar-refractivity contribution in [3.8, 4) is 0 Å². The first-order valence-corrected chi connectivity index (χ1v) is 6.41. The van der Waals surface area contributed by atoms with Crippen LogP contribution in [-0.4, -0.2) is 31.5 Å². The van der Waals surface area contributed by atoms with E-state index in [0.717, 1.165) is 0 Å². The Hall–Kier alpha value is -1.17. The molecule has 0 atom stereocenters. The van der Waals surface area contributed by atoms with Gasteiger partial charge < -0.3 is 5.32 Å². The maximum Gasteiger partial charge on any atom is 0.214 e. The van der Waals surface area contributed by atoms with Gasteiger partial charge in [0.15, 0.2) is 9.84 Å². The van der Waals surface area contributed by atoms with Gasteiger partial charge in [-0.15, -0.1) is 0 Å². The Labute approximate surface area is 88.5 Å². The number of halogens is 1. The molecule has 0 fully saturated rings. The van der Waals surface area contributed by atoms with Gasteiger partial charge in [0.25, 0.3) is 0 Å². The van der Waals surface area contributed by atoms with E-state index in [2.05, 4.69) is 10.3 Å². The van der Waals surface area contributed by atoms with Gasteiger partial charge in [0, 0.05) is 30.2 Å². The number of sulfone groups is 1. The molecule has 4 nitrogen and oxygen atoms in total. The molecule has 0 radical (unpaired) electrons. The van der Waals surface area contributed by atoms with Crippen LogP contribution in [0, 0.1) is 5.95 Å². The topological polar surface area (TPSA) is 59.1 Å². The summed E-state index contributed by atoms with van der Waals surface area (Å²) < 4.78 is 34.9. The Morgan fingerprint density at radius 1 is 1.53 bits per heavy atom. The second-order valence-corrected chi connectivity index (χ2v) is 5.50. The minimum absolute atomic E-state index is 0.0490. The maximum atomic E-state index is 12.6. The highest BCUT2D eigenvalue weighted by Gasteiger charge is 2.06. The molecule has 0 saturated carbocycles. The zero-order valence-corrected chi connectivity index (χ0v) is 9.22. The fraction of sp³-hybridized carbons (Fsp3) is 0.444. The quantitative estimate of drug-likeness (QED) is 0.771. The normalized spacial score (nSPS) is 11.3. The number of hydrogen-bond acceptors (Lipinski definition) is 4. The van der Waals surface area contributed by atoms with Crippen molar-refractivity contribution in [3.63, 3.8) is 0 Å². The number of anilines is 1. The molecule has 84 valence electrons. The first-order valence-electron chi connectivity index (χ1n) is 4.59. The van der Waals surface area contributed by atoms with Crippen LogP contribution in [0.5, 0.6) is 0 Å². The van der Waals surface area contributed by atoms with Crippen LogP contribution < -0.4 is 5.32 Å². The largest absolute Gasteiger partial charge is 0.384 e. The van der Waals surface area contributed by atoms with Crippen molar-refractivity contribution in [1.29, 1.82) is 0 Å². The van der Waals surface area contributed by atoms with Crippen molar-refractivity contribution < 1.29 is 12.8 Å². The van der Waals surface area contributed by atoms with Crippen LogP contribution in [0.2, 0.25) is 0 Å². The summed E-state index contributed by atoms with van der Waals surface area (Å²) >= 11 is 0. The summed E-state index contributed by atoms with van der Waals surface area (Å²) in [5, 5.41) is 2.82. The van der Waals surface area contributed by atoms with E-state index in [1.807, 2.05) is 0 Å². The average molecular weight is 232 g/mol. The van der Waals surface area contributed by atoms with Gasteiger partial charge in [-0.25, -0.2) is 13.4 Å². The number of nitrogens with one attached hydrogen (secondary N) is 1.